The number of aromatic nitrogens is 1. The van der Waals surface area contributed by atoms with E-state index >= 15 is 0 Å². The minimum absolute atomic E-state index is 0.0530. The molecule has 94 valence electrons. The lowest BCUT2D eigenvalue weighted by Gasteiger charge is -2.01. The molecular formula is C16H12BrNO. The number of hydrogen-bond acceptors (Lipinski definition) is 1. The molecule has 0 spiro atoms. The maximum Gasteiger partial charge on any atom is 0.195 e. The molecule has 0 aliphatic heterocycles. The van der Waals surface area contributed by atoms with Crippen LogP contribution in [0.3, 0.4) is 0 Å². The summed E-state index contributed by atoms with van der Waals surface area (Å²) in [6.07, 6.45) is 1.78. The van der Waals surface area contributed by atoms with E-state index in [0.717, 1.165) is 26.5 Å². The number of carbonyl (C=O) groups excluding carboxylic acids is 1. The first-order valence-corrected chi connectivity index (χ1v) is 6.82. The number of H-pyrrole nitrogens is 1. The van der Waals surface area contributed by atoms with E-state index in [0.29, 0.717) is 5.56 Å². The summed E-state index contributed by atoms with van der Waals surface area (Å²) in [5.74, 6) is 0.0530. The van der Waals surface area contributed by atoms with E-state index < -0.39 is 0 Å². The van der Waals surface area contributed by atoms with E-state index in [2.05, 4.69) is 20.9 Å². The Hall–Kier alpha value is -1.87. The lowest BCUT2D eigenvalue weighted by Crippen LogP contribution is -2.00. The molecule has 0 fully saturated rings. The molecule has 1 N–H and O–H groups in total. The zero-order valence-electron chi connectivity index (χ0n) is 10.4. The van der Waals surface area contributed by atoms with Gasteiger partial charge in [0.05, 0.1) is 0 Å². The van der Waals surface area contributed by atoms with Crippen molar-refractivity contribution in [1.82, 2.24) is 4.98 Å². The van der Waals surface area contributed by atoms with E-state index in [1.165, 1.54) is 0 Å². The SMILES string of the molecule is Cc1cccc(C(=O)c2c[nH]c3cc(Br)ccc23)c1. The molecule has 19 heavy (non-hydrogen) atoms. The number of nitrogens with one attached hydrogen (secondary N) is 1. The molecule has 0 radical (unpaired) electrons. The number of aryl methyl sites for hydroxylation is 1. The average Bonchev–Trinajstić information content (AvgIpc) is 2.80. The van der Waals surface area contributed by atoms with Gasteiger partial charge in [0.2, 0.25) is 0 Å². The third-order valence-corrected chi connectivity index (χ3v) is 3.66. The van der Waals surface area contributed by atoms with Gasteiger partial charge in [0.15, 0.2) is 5.78 Å². The fourth-order valence-corrected chi connectivity index (χ4v) is 2.59. The van der Waals surface area contributed by atoms with Crippen molar-refractivity contribution >= 4 is 32.6 Å². The molecule has 0 saturated heterocycles. The second kappa shape index (κ2) is 4.67. The van der Waals surface area contributed by atoms with Gasteiger partial charge in [0, 0.05) is 32.7 Å². The molecule has 0 unspecified atom stereocenters. The van der Waals surface area contributed by atoms with Crippen molar-refractivity contribution in [3.8, 4) is 0 Å². The zero-order valence-corrected chi connectivity index (χ0v) is 12.0. The Bertz CT molecular complexity index is 773. The fraction of sp³-hybridized carbons (Fsp3) is 0.0625. The Kier molecular flexibility index (Phi) is 2.99. The topological polar surface area (TPSA) is 32.9 Å². The molecular weight excluding hydrogens is 302 g/mol. The Labute approximate surface area is 119 Å². The zero-order chi connectivity index (χ0) is 13.4. The van der Waals surface area contributed by atoms with Gasteiger partial charge >= 0.3 is 0 Å². The highest BCUT2D eigenvalue weighted by Gasteiger charge is 2.14. The molecule has 3 aromatic rings. The van der Waals surface area contributed by atoms with Gasteiger partial charge in [-0.15, -0.1) is 0 Å². The van der Waals surface area contributed by atoms with Gasteiger partial charge in [0.1, 0.15) is 0 Å². The van der Waals surface area contributed by atoms with Crippen molar-refractivity contribution in [3.05, 3.63) is 69.8 Å². The first-order chi connectivity index (χ1) is 9.15. The van der Waals surface area contributed by atoms with Crippen molar-refractivity contribution in [1.29, 1.82) is 0 Å². The number of ketones is 1. The average molecular weight is 314 g/mol. The highest BCUT2D eigenvalue weighted by molar-refractivity contribution is 9.10. The van der Waals surface area contributed by atoms with Gasteiger partial charge in [-0.3, -0.25) is 4.79 Å². The third kappa shape index (κ3) is 2.22. The van der Waals surface area contributed by atoms with Crippen LogP contribution in [0.1, 0.15) is 21.5 Å². The number of halogens is 1. The Morgan fingerprint density at radius 3 is 2.79 bits per heavy atom. The first kappa shape index (κ1) is 12.2. The van der Waals surface area contributed by atoms with Crippen LogP contribution in [0.25, 0.3) is 10.9 Å². The van der Waals surface area contributed by atoms with Crippen molar-refractivity contribution < 1.29 is 4.79 Å². The second-order valence-corrected chi connectivity index (χ2v) is 5.51. The van der Waals surface area contributed by atoms with Crippen molar-refractivity contribution in [2.75, 3.05) is 0 Å². The standard InChI is InChI=1S/C16H12BrNO/c1-10-3-2-4-11(7-10)16(19)14-9-18-15-8-12(17)5-6-13(14)15/h2-9,18H,1H3. The van der Waals surface area contributed by atoms with Crippen molar-refractivity contribution in [2.45, 2.75) is 6.92 Å². The van der Waals surface area contributed by atoms with Crippen LogP contribution in [0.2, 0.25) is 0 Å². The molecule has 1 heterocycles. The molecule has 0 saturated carbocycles. The summed E-state index contributed by atoms with van der Waals surface area (Å²) in [7, 11) is 0. The van der Waals surface area contributed by atoms with Gasteiger partial charge in [-0.1, -0.05) is 45.8 Å². The second-order valence-electron chi connectivity index (χ2n) is 4.59. The Morgan fingerprint density at radius 2 is 2.00 bits per heavy atom. The van der Waals surface area contributed by atoms with Crippen LogP contribution in [0.5, 0.6) is 0 Å². The molecule has 2 nitrogen and oxygen atoms in total. The van der Waals surface area contributed by atoms with E-state index in [4.69, 9.17) is 0 Å². The monoisotopic (exact) mass is 313 g/mol. The predicted molar refractivity (Wildman–Crippen MR) is 80.6 cm³/mol. The molecule has 3 rings (SSSR count). The molecule has 0 amide bonds. The largest absolute Gasteiger partial charge is 0.360 e. The predicted octanol–water partition coefficient (Wildman–Crippen LogP) is 4.47. The highest BCUT2D eigenvalue weighted by Crippen LogP contribution is 2.24. The fourth-order valence-electron chi connectivity index (χ4n) is 2.23. The van der Waals surface area contributed by atoms with Crippen LogP contribution in [0.4, 0.5) is 0 Å². The summed E-state index contributed by atoms with van der Waals surface area (Å²) in [5, 5.41) is 0.953. The number of carbonyl (C=O) groups is 1. The van der Waals surface area contributed by atoms with E-state index in [-0.39, 0.29) is 5.78 Å². The molecule has 1 aromatic heterocycles. The Morgan fingerprint density at radius 1 is 1.16 bits per heavy atom. The molecule has 3 heteroatoms. The quantitative estimate of drug-likeness (QED) is 0.696. The van der Waals surface area contributed by atoms with Crippen LogP contribution < -0.4 is 0 Å². The van der Waals surface area contributed by atoms with Crippen molar-refractivity contribution in [3.63, 3.8) is 0 Å². The highest BCUT2D eigenvalue weighted by atomic mass is 79.9. The summed E-state index contributed by atoms with van der Waals surface area (Å²) in [6, 6.07) is 13.6. The van der Waals surface area contributed by atoms with Crippen LogP contribution in [0.15, 0.2) is 53.1 Å². The van der Waals surface area contributed by atoms with Crippen LogP contribution in [0, 0.1) is 6.92 Å². The summed E-state index contributed by atoms with van der Waals surface area (Å²) in [4.78, 5) is 15.7. The minimum Gasteiger partial charge on any atom is -0.360 e. The summed E-state index contributed by atoms with van der Waals surface area (Å²) < 4.78 is 0.997. The van der Waals surface area contributed by atoms with Gasteiger partial charge in [-0.05, 0) is 25.1 Å². The third-order valence-electron chi connectivity index (χ3n) is 3.17. The number of fused-ring (bicyclic) bond motifs is 1. The summed E-state index contributed by atoms with van der Waals surface area (Å²) in [5.41, 5.74) is 3.50. The van der Waals surface area contributed by atoms with E-state index in [1.807, 2.05) is 49.4 Å². The summed E-state index contributed by atoms with van der Waals surface area (Å²) in [6.45, 7) is 1.99. The maximum atomic E-state index is 12.5. The molecule has 0 aliphatic carbocycles. The maximum absolute atomic E-state index is 12.5. The van der Waals surface area contributed by atoms with Gasteiger partial charge in [0.25, 0.3) is 0 Å². The number of aromatic amines is 1. The Balaban J connectivity index is 2.12. The van der Waals surface area contributed by atoms with Crippen molar-refractivity contribution in [2.24, 2.45) is 0 Å². The normalized spacial score (nSPS) is 10.8. The lowest BCUT2D eigenvalue weighted by molar-refractivity contribution is 0.104. The minimum atomic E-state index is 0.0530. The summed E-state index contributed by atoms with van der Waals surface area (Å²) >= 11 is 3.43. The number of hydrogen-bond donors (Lipinski definition) is 1. The molecule has 0 aliphatic rings. The van der Waals surface area contributed by atoms with Crippen LogP contribution >= 0.6 is 15.9 Å². The van der Waals surface area contributed by atoms with E-state index in [9.17, 15) is 4.79 Å². The number of rotatable bonds is 2. The molecule has 0 atom stereocenters. The van der Waals surface area contributed by atoms with E-state index in [1.54, 1.807) is 6.20 Å². The lowest BCUT2D eigenvalue weighted by atomic mass is 10.0. The molecule has 0 bridgehead atoms. The van der Waals surface area contributed by atoms with Crippen LogP contribution in [-0.2, 0) is 0 Å². The number of benzene rings is 2. The van der Waals surface area contributed by atoms with Crippen LogP contribution in [-0.4, -0.2) is 10.8 Å². The van der Waals surface area contributed by atoms with Gasteiger partial charge in [-0.2, -0.15) is 0 Å². The van der Waals surface area contributed by atoms with Gasteiger partial charge in [-0.25, -0.2) is 0 Å². The smallest absolute Gasteiger partial charge is 0.195 e. The first-order valence-electron chi connectivity index (χ1n) is 6.03. The molecule has 2 aromatic carbocycles. The van der Waals surface area contributed by atoms with Gasteiger partial charge < -0.3 is 4.98 Å².